The summed E-state index contributed by atoms with van der Waals surface area (Å²) in [4.78, 5) is 22.4. The van der Waals surface area contributed by atoms with E-state index in [4.69, 9.17) is 0 Å². The fraction of sp³-hybridized carbons (Fsp3) is 0.167. The van der Waals surface area contributed by atoms with Crippen molar-refractivity contribution in [1.82, 2.24) is 10.6 Å². The molecule has 0 atom stereocenters. The third-order valence-corrected chi connectivity index (χ3v) is 1.91. The number of hydrogen-bond donors (Lipinski definition) is 2. The summed E-state index contributed by atoms with van der Waals surface area (Å²) in [6.45, 7) is 4.08. The van der Waals surface area contributed by atoms with Crippen LogP contribution >= 0.6 is 0 Å². The van der Waals surface area contributed by atoms with Gasteiger partial charge in [0.15, 0.2) is 0 Å². The number of nitrogens with one attached hydrogen (secondary N) is 2. The van der Waals surface area contributed by atoms with Gasteiger partial charge in [-0.05, 0) is 5.56 Å². The summed E-state index contributed by atoms with van der Waals surface area (Å²) in [7, 11) is 0. The molecule has 16 heavy (non-hydrogen) atoms. The van der Waals surface area contributed by atoms with E-state index < -0.39 is 11.8 Å². The highest BCUT2D eigenvalue weighted by Crippen LogP contribution is 1.96. The average molecular weight is 218 g/mol. The minimum Gasteiger partial charge on any atom is -0.344 e. The van der Waals surface area contributed by atoms with Crippen molar-refractivity contribution in [2.45, 2.75) is 6.54 Å². The van der Waals surface area contributed by atoms with Crippen molar-refractivity contribution in [1.29, 1.82) is 0 Å². The molecule has 4 heteroatoms. The molecule has 84 valence electrons. The third-order valence-electron chi connectivity index (χ3n) is 1.91. The Morgan fingerprint density at radius 1 is 1.12 bits per heavy atom. The molecule has 0 aliphatic heterocycles. The van der Waals surface area contributed by atoms with Crippen LogP contribution in [0.5, 0.6) is 0 Å². The summed E-state index contributed by atoms with van der Waals surface area (Å²) in [5.74, 6) is -1.28. The van der Waals surface area contributed by atoms with Gasteiger partial charge in [-0.2, -0.15) is 0 Å². The van der Waals surface area contributed by atoms with Crippen molar-refractivity contribution < 1.29 is 9.59 Å². The maximum absolute atomic E-state index is 11.3. The standard InChI is InChI=1S/C12H14N2O2/c1-2-8-13-11(15)12(16)14-9-10-6-4-3-5-7-10/h2-7H,1,8-9H2,(H,13,15)(H,14,16). The Morgan fingerprint density at radius 3 is 2.38 bits per heavy atom. The van der Waals surface area contributed by atoms with Gasteiger partial charge in [-0.3, -0.25) is 9.59 Å². The van der Waals surface area contributed by atoms with Crippen LogP contribution in [0.15, 0.2) is 43.0 Å². The van der Waals surface area contributed by atoms with Crippen molar-refractivity contribution >= 4 is 11.8 Å². The average Bonchev–Trinajstić information content (AvgIpc) is 2.34. The second-order valence-corrected chi connectivity index (χ2v) is 3.17. The fourth-order valence-corrected chi connectivity index (χ4v) is 1.10. The Labute approximate surface area is 94.4 Å². The number of carbonyl (C=O) groups is 2. The molecule has 0 unspecified atom stereocenters. The lowest BCUT2D eigenvalue weighted by Crippen LogP contribution is -2.39. The van der Waals surface area contributed by atoms with Gasteiger partial charge in [0.05, 0.1) is 0 Å². The zero-order chi connectivity index (χ0) is 11.8. The molecule has 1 rings (SSSR count). The second kappa shape index (κ2) is 6.40. The summed E-state index contributed by atoms with van der Waals surface area (Å²) in [5, 5.41) is 4.92. The van der Waals surface area contributed by atoms with Gasteiger partial charge in [0.2, 0.25) is 0 Å². The van der Waals surface area contributed by atoms with Gasteiger partial charge in [-0.25, -0.2) is 0 Å². The predicted molar refractivity (Wildman–Crippen MR) is 61.5 cm³/mol. The quantitative estimate of drug-likeness (QED) is 0.574. The van der Waals surface area contributed by atoms with E-state index >= 15 is 0 Å². The summed E-state index contributed by atoms with van der Waals surface area (Å²) in [6, 6.07) is 9.39. The van der Waals surface area contributed by atoms with Gasteiger partial charge >= 0.3 is 11.8 Å². The molecule has 0 saturated heterocycles. The summed E-state index contributed by atoms with van der Waals surface area (Å²) in [6.07, 6.45) is 1.52. The first-order valence-corrected chi connectivity index (χ1v) is 4.95. The van der Waals surface area contributed by atoms with Crippen molar-refractivity contribution in [3.8, 4) is 0 Å². The van der Waals surface area contributed by atoms with E-state index in [0.717, 1.165) is 5.56 Å². The summed E-state index contributed by atoms with van der Waals surface area (Å²) in [5.41, 5.74) is 0.951. The van der Waals surface area contributed by atoms with Crippen molar-refractivity contribution in [3.63, 3.8) is 0 Å². The van der Waals surface area contributed by atoms with Crippen LogP contribution in [-0.2, 0) is 16.1 Å². The molecule has 0 fully saturated rings. The number of carbonyl (C=O) groups excluding carboxylic acids is 2. The van der Waals surface area contributed by atoms with Gasteiger partial charge in [0.25, 0.3) is 0 Å². The first-order valence-electron chi connectivity index (χ1n) is 4.95. The van der Waals surface area contributed by atoms with Crippen molar-refractivity contribution in [2.75, 3.05) is 6.54 Å². The summed E-state index contributed by atoms with van der Waals surface area (Å²) >= 11 is 0. The molecular weight excluding hydrogens is 204 g/mol. The highest BCUT2D eigenvalue weighted by atomic mass is 16.2. The van der Waals surface area contributed by atoms with Gasteiger partial charge in [0, 0.05) is 13.1 Å². The largest absolute Gasteiger partial charge is 0.344 e. The maximum Gasteiger partial charge on any atom is 0.309 e. The topological polar surface area (TPSA) is 58.2 Å². The monoisotopic (exact) mass is 218 g/mol. The number of amides is 2. The minimum atomic E-state index is -0.643. The van der Waals surface area contributed by atoms with Crippen LogP contribution in [0.2, 0.25) is 0 Å². The van der Waals surface area contributed by atoms with Crippen LogP contribution < -0.4 is 10.6 Å². The first kappa shape index (κ1) is 12.0. The number of hydrogen-bond acceptors (Lipinski definition) is 2. The number of rotatable bonds is 4. The van der Waals surface area contributed by atoms with E-state index in [2.05, 4.69) is 17.2 Å². The normalized spacial score (nSPS) is 9.25. The Hall–Kier alpha value is -2.10. The molecule has 2 N–H and O–H groups in total. The van der Waals surface area contributed by atoms with E-state index in [1.165, 1.54) is 6.08 Å². The highest BCUT2D eigenvalue weighted by Gasteiger charge is 2.10. The molecule has 0 aromatic heterocycles. The lowest BCUT2D eigenvalue weighted by Gasteiger charge is -2.04. The van der Waals surface area contributed by atoms with Crippen molar-refractivity contribution in [2.24, 2.45) is 0 Å². The molecule has 0 aliphatic carbocycles. The van der Waals surface area contributed by atoms with Crippen molar-refractivity contribution in [3.05, 3.63) is 48.6 Å². The predicted octanol–water partition coefficient (Wildman–Crippen LogP) is 0.605. The van der Waals surface area contributed by atoms with Crippen LogP contribution in [0.1, 0.15) is 5.56 Å². The smallest absolute Gasteiger partial charge is 0.309 e. The molecule has 0 saturated carbocycles. The Bertz CT molecular complexity index is 374. The minimum absolute atomic E-state index is 0.289. The van der Waals surface area contributed by atoms with Gasteiger partial charge in [-0.1, -0.05) is 36.4 Å². The number of benzene rings is 1. The lowest BCUT2D eigenvalue weighted by molar-refractivity contribution is -0.139. The van der Waals surface area contributed by atoms with Crippen LogP contribution in [0.4, 0.5) is 0 Å². The molecule has 4 nitrogen and oxygen atoms in total. The molecule has 0 radical (unpaired) electrons. The van der Waals surface area contributed by atoms with Crippen LogP contribution in [0.25, 0.3) is 0 Å². The van der Waals surface area contributed by atoms with Crippen LogP contribution in [0, 0.1) is 0 Å². The third kappa shape index (κ3) is 3.96. The molecule has 1 aromatic carbocycles. The zero-order valence-corrected chi connectivity index (χ0v) is 8.90. The maximum atomic E-state index is 11.3. The van der Waals surface area contributed by atoms with Gasteiger partial charge < -0.3 is 10.6 Å². The van der Waals surface area contributed by atoms with Gasteiger partial charge in [0.1, 0.15) is 0 Å². The van der Waals surface area contributed by atoms with Crippen LogP contribution in [-0.4, -0.2) is 18.4 Å². The summed E-state index contributed by atoms with van der Waals surface area (Å²) < 4.78 is 0. The first-order chi connectivity index (χ1) is 7.74. The molecule has 0 bridgehead atoms. The highest BCUT2D eigenvalue weighted by molar-refractivity contribution is 6.35. The molecule has 0 aliphatic rings. The van der Waals surface area contributed by atoms with E-state index in [0.29, 0.717) is 6.54 Å². The SMILES string of the molecule is C=CCNC(=O)C(=O)NCc1ccccc1. The van der Waals surface area contributed by atoms with Gasteiger partial charge in [-0.15, -0.1) is 6.58 Å². The van der Waals surface area contributed by atoms with E-state index in [1.54, 1.807) is 0 Å². The van der Waals surface area contributed by atoms with E-state index in [9.17, 15) is 9.59 Å². The van der Waals surface area contributed by atoms with E-state index in [-0.39, 0.29) is 6.54 Å². The van der Waals surface area contributed by atoms with Crippen LogP contribution in [0.3, 0.4) is 0 Å². The Balaban J connectivity index is 2.35. The molecule has 1 aromatic rings. The lowest BCUT2D eigenvalue weighted by atomic mass is 10.2. The second-order valence-electron chi connectivity index (χ2n) is 3.17. The molecule has 0 heterocycles. The molecular formula is C12H14N2O2. The Kier molecular flexibility index (Phi) is 4.79. The molecule has 2 amide bonds. The Morgan fingerprint density at radius 2 is 1.75 bits per heavy atom. The fourth-order valence-electron chi connectivity index (χ4n) is 1.10. The molecule has 0 spiro atoms. The van der Waals surface area contributed by atoms with E-state index in [1.807, 2.05) is 30.3 Å². The zero-order valence-electron chi connectivity index (χ0n) is 8.90.